The smallest absolute Gasteiger partial charge is 0.270 e. The third kappa shape index (κ3) is 6.04. The minimum Gasteiger partial charge on any atom is -0.270 e. The van der Waals surface area contributed by atoms with Crippen LogP contribution in [-0.4, -0.2) is 18.3 Å². The Labute approximate surface area is 91.7 Å². The first kappa shape index (κ1) is 14.5. The molecule has 6 heteroatoms. The summed E-state index contributed by atoms with van der Waals surface area (Å²) in [6, 6.07) is 0.434. The van der Waals surface area contributed by atoms with Crippen molar-refractivity contribution >= 4 is 19.5 Å². The second-order valence-corrected chi connectivity index (χ2v) is 6.50. The summed E-state index contributed by atoms with van der Waals surface area (Å²) in [6.07, 6.45) is 2.83. The lowest BCUT2D eigenvalue weighted by Crippen LogP contribution is -2.37. The van der Waals surface area contributed by atoms with Gasteiger partial charge in [-0.2, -0.15) is 4.49 Å². The van der Waals surface area contributed by atoms with Crippen LogP contribution in [0.2, 0.25) is 0 Å². The average molecular weight is 239 g/mol. The van der Waals surface area contributed by atoms with Crippen LogP contribution in [0.25, 0.3) is 0 Å². The van der Waals surface area contributed by atoms with E-state index in [1.165, 1.54) is 11.9 Å². The van der Waals surface area contributed by atoms with Gasteiger partial charge in [0.25, 0.3) is 7.59 Å². The molecular weight excluding hydrogens is 217 g/mol. The zero-order chi connectivity index (χ0) is 11.2. The minimum absolute atomic E-state index is 0.192. The molecule has 14 heavy (non-hydrogen) atoms. The molecule has 0 spiro atoms. The van der Waals surface area contributed by atoms with Crippen LogP contribution < -0.4 is 14.7 Å². The molecule has 0 rings (SSSR count). The number of rotatable bonds is 7. The van der Waals surface area contributed by atoms with Crippen molar-refractivity contribution in [3.63, 3.8) is 0 Å². The van der Waals surface area contributed by atoms with Gasteiger partial charge in [0.15, 0.2) is 0 Å². The Hall–Kier alpha value is 0.460. The molecule has 0 aliphatic carbocycles. The van der Waals surface area contributed by atoms with Gasteiger partial charge in [0.1, 0.15) is 0 Å². The number of hydrogen-bond acceptors (Lipinski definition) is 2. The molecule has 86 valence electrons. The average Bonchev–Trinajstić information content (AvgIpc) is 2.02. The summed E-state index contributed by atoms with van der Waals surface area (Å²) >= 11 is 1.36. The summed E-state index contributed by atoms with van der Waals surface area (Å²) in [6.45, 7) is 8.05. The lowest BCUT2D eigenvalue weighted by atomic mass is 10.3. The topological polar surface area (TPSA) is 53.2 Å². The molecule has 0 aromatic carbocycles. The first-order chi connectivity index (χ1) is 6.43. The summed E-state index contributed by atoms with van der Waals surface area (Å²) in [5.41, 5.74) is 0. The van der Waals surface area contributed by atoms with Crippen molar-refractivity contribution in [3.8, 4) is 0 Å². The molecule has 2 atom stereocenters. The molecule has 2 unspecified atom stereocenters. The highest BCUT2D eigenvalue weighted by atomic mass is 32.2. The van der Waals surface area contributed by atoms with E-state index < -0.39 is 7.59 Å². The predicted octanol–water partition coefficient (Wildman–Crippen LogP) is 2.35. The van der Waals surface area contributed by atoms with Crippen molar-refractivity contribution in [1.29, 1.82) is 0 Å². The first-order valence-electron chi connectivity index (χ1n) is 4.89. The summed E-state index contributed by atoms with van der Waals surface area (Å²) in [5.74, 6) is 0. The Morgan fingerprint density at radius 1 is 1.29 bits per heavy atom. The molecule has 0 amide bonds. The molecule has 3 N–H and O–H groups in total. The lowest BCUT2D eigenvalue weighted by molar-refractivity contribution is 0.523. The van der Waals surface area contributed by atoms with Crippen molar-refractivity contribution in [2.24, 2.45) is 0 Å². The maximum Gasteiger partial charge on any atom is 0.288 e. The monoisotopic (exact) mass is 239 g/mol. The van der Waals surface area contributed by atoms with Gasteiger partial charge in [0.2, 0.25) is 0 Å². The van der Waals surface area contributed by atoms with E-state index >= 15 is 0 Å². The Kier molecular flexibility index (Phi) is 7.08. The van der Waals surface area contributed by atoms with Gasteiger partial charge >= 0.3 is 0 Å². The molecule has 0 radical (unpaired) electrons. The molecule has 0 aliphatic heterocycles. The lowest BCUT2D eigenvalue weighted by Gasteiger charge is -2.25. The Balaban J connectivity index is 4.31. The van der Waals surface area contributed by atoms with E-state index in [2.05, 4.69) is 21.6 Å². The van der Waals surface area contributed by atoms with Gasteiger partial charge < -0.3 is 0 Å². The van der Waals surface area contributed by atoms with E-state index in [0.29, 0.717) is 0 Å². The standard InChI is InChI=1S/C8H22N3OPS/c1-6-8(4)10-13(12,11-14-5)9-7(2)3/h7-8H,6H2,1-5H3,(H3,9,10,11,12). The third-order valence-electron chi connectivity index (χ3n) is 1.67. The fourth-order valence-electron chi connectivity index (χ4n) is 0.984. The molecule has 0 aromatic rings. The molecule has 0 saturated carbocycles. The van der Waals surface area contributed by atoms with Gasteiger partial charge in [0.05, 0.1) is 0 Å². The Bertz CT molecular complexity index is 201. The zero-order valence-corrected chi connectivity index (χ0v) is 11.3. The summed E-state index contributed by atoms with van der Waals surface area (Å²) < 4.78 is 15.1. The van der Waals surface area contributed by atoms with Crippen molar-refractivity contribution in [2.75, 3.05) is 6.26 Å². The van der Waals surface area contributed by atoms with E-state index in [-0.39, 0.29) is 12.1 Å². The Morgan fingerprint density at radius 2 is 1.86 bits per heavy atom. The number of hydrogen-bond donors (Lipinski definition) is 3. The fourth-order valence-corrected chi connectivity index (χ4v) is 4.04. The van der Waals surface area contributed by atoms with Crippen LogP contribution in [0.4, 0.5) is 0 Å². The van der Waals surface area contributed by atoms with Crippen molar-refractivity contribution in [2.45, 2.75) is 46.2 Å². The second-order valence-electron chi connectivity index (χ2n) is 3.63. The van der Waals surface area contributed by atoms with Gasteiger partial charge in [-0.15, -0.1) is 0 Å². The third-order valence-corrected chi connectivity index (χ3v) is 5.12. The van der Waals surface area contributed by atoms with Crippen LogP contribution in [-0.2, 0) is 4.57 Å². The highest BCUT2D eigenvalue weighted by molar-refractivity contribution is 8.01. The summed E-state index contributed by atoms with van der Waals surface area (Å²) in [7, 11) is -2.64. The van der Waals surface area contributed by atoms with Gasteiger partial charge in [0, 0.05) is 12.1 Å². The predicted molar refractivity (Wildman–Crippen MR) is 65.4 cm³/mol. The van der Waals surface area contributed by atoms with Gasteiger partial charge in [-0.25, -0.2) is 10.2 Å². The van der Waals surface area contributed by atoms with Gasteiger partial charge in [-0.3, -0.25) is 4.57 Å². The molecule has 0 fully saturated rings. The molecular formula is C8H22N3OPS. The van der Waals surface area contributed by atoms with Gasteiger partial charge in [-0.1, -0.05) is 18.9 Å². The van der Waals surface area contributed by atoms with E-state index in [9.17, 15) is 4.57 Å². The van der Waals surface area contributed by atoms with Crippen molar-refractivity contribution in [3.05, 3.63) is 0 Å². The highest BCUT2D eigenvalue weighted by Crippen LogP contribution is 2.34. The molecule has 0 aromatic heterocycles. The largest absolute Gasteiger partial charge is 0.288 e. The second kappa shape index (κ2) is 6.85. The van der Waals surface area contributed by atoms with Crippen molar-refractivity contribution < 1.29 is 4.57 Å². The van der Waals surface area contributed by atoms with Crippen LogP contribution in [0.15, 0.2) is 0 Å². The molecule has 4 nitrogen and oxygen atoms in total. The molecule has 0 aliphatic rings. The van der Waals surface area contributed by atoms with E-state index in [0.717, 1.165) is 6.42 Å². The SMILES string of the molecule is CCC(C)NP(=O)(NSC)NC(C)C. The van der Waals surface area contributed by atoms with E-state index in [1.807, 2.05) is 27.0 Å². The summed E-state index contributed by atoms with van der Waals surface area (Å²) in [5, 5.41) is 6.12. The van der Waals surface area contributed by atoms with Crippen LogP contribution in [0, 0.1) is 0 Å². The highest BCUT2D eigenvalue weighted by Gasteiger charge is 2.23. The maximum absolute atomic E-state index is 12.2. The van der Waals surface area contributed by atoms with Crippen LogP contribution in [0.3, 0.4) is 0 Å². The van der Waals surface area contributed by atoms with E-state index in [1.54, 1.807) is 0 Å². The molecule has 0 saturated heterocycles. The molecule has 0 heterocycles. The minimum atomic E-state index is -2.64. The normalized spacial score (nSPS) is 18.1. The number of nitrogens with one attached hydrogen (secondary N) is 3. The maximum atomic E-state index is 12.2. The van der Waals surface area contributed by atoms with Crippen molar-refractivity contribution in [1.82, 2.24) is 14.7 Å². The molecule has 0 bridgehead atoms. The van der Waals surface area contributed by atoms with Crippen LogP contribution in [0.1, 0.15) is 34.1 Å². The quantitative estimate of drug-likeness (QED) is 0.470. The zero-order valence-electron chi connectivity index (χ0n) is 9.63. The first-order valence-corrected chi connectivity index (χ1v) is 7.82. The van der Waals surface area contributed by atoms with Crippen LogP contribution >= 0.6 is 19.5 Å². The van der Waals surface area contributed by atoms with Crippen LogP contribution in [0.5, 0.6) is 0 Å². The summed E-state index contributed by atoms with van der Waals surface area (Å²) in [4.78, 5) is 0. The Morgan fingerprint density at radius 3 is 2.21 bits per heavy atom. The van der Waals surface area contributed by atoms with E-state index in [4.69, 9.17) is 0 Å². The fraction of sp³-hybridized carbons (Fsp3) is 1.00. The van der Waals surface area contributed by atoms with Gasteiger partial charge in [-0.05, 0) is 33.4 Å².